The molecule has 0 unspecified atom stereocenters. The Morgan fingerprint density at radius 2 is 1.73 bits per heavy atom. The van der Waals surface area contributed by atoms with Crippen LogP contribution in [0.4, 0.5) is 10.8 Å². The normalized spacial score (nSPS) is 10.1. The summed E-state index contributed by atoms with van der Waals surface area (Å²) < 4.78 is 6.94. The number of nitrogens with zero attached hydrogens (tertiary/aromatic N) is 2. The first kappa shape index (κ1) is 21.3. The third-order valence-electron chi connectivity index (χ3n) is 4.09. The summed E-state index contributed by atoms with van der Waals surface area (Å²) in [5, 5.41) is 6.70. The first-order valence-corrected chi connectivity index (χ1v) is 10.5. The van der Waals surface area contributed by atoms with Crippen molar-refractivity contribution in [1.82, 2.24) is 15.3 Å². The zero-order chi connectivity index (χ0) is 21.5. The molecule has 4 rings (SSSR count). The molecular formula is C23H24N4O2S. The van der Waals surface area contributed by atoms with Crippen molar-refractivity contribution in [2.24, 2.45) is 0 Å². The lowest BCUT2D eigenvalue weighted by Crippen LogP contribution is -2.18. The molecule has 0 aliphatic heterocycles. The van der Waals surface area contributed by atoms with E-state index in [-0.39, 0.29) is 5.91 Å². The lowest BCUT2D eigenvalue weighted by molar-refractivity contribution is 0.0958. The summed E-state index contributed by atoms with van der Waals surface area (Å²) in [5.74, 6) is 0.933. The van der Waals surface area contributed by atoms with Gasteiger partial charge in [0.1, 0.15) is 17.2 Å². The predicted octanol–water partition coefficient (Wildman–Crippen LogP) is 5.92. The first-order chi connectivity index (χ1) is 14.6. The molecular weight excluding hydrogens is 396 g/mol. The number of carbonyl (C=O) groups excluding carboxylic acids is 1. The second-order valence-electron chi connectivity index (χ2n) is 6.20. The van der Waals surface area contributed by atoms with Crippen LogP contribution in [0.2, 0.25) is 0 Å². The summed E-state index contributed by atoms with van der Waals surface area (Å²) in [5.41, 5.74) is 3.36. The van der Waals surface area contributed by atoms with Gasteiger partial charge in [0, 0.05) is 31.1 Å². The molecule has 2 heterocycles. The summed E-state index contributed by atoms with van der Waals surface area (Å²) in [6, 6.07) is 17.2. The molecule has 0 aliphatic rings. The molecule has 0 saturated heterocycles. The van der Waals surface area contributed by atoms with E-state index in [1.807, 2.05) is 44.2 Å². The number of carbonyl (C=O) groups is 1. The van der Waals surface area contributed by atoms with E-state index in [0.717, 1.165) is 21.0 Å². The largest absolute Gasteiger partial charge is 0.457 e. The van der Waals surface area contributed by atoms with Gasteiger partial charge in [-0.05, 0) is 37.3 Å². The molecule has 0 spiro atoms. The molecule has 6 nitrogen and oxygen atoms in total. The summed E-state index contributed by atoms with van der Waals surface area (Å²) in [6.45, 7) is 6.06. The van der Waals surface area contributed by atoms with Gasteiger partial charge in [0.05, 0.1) is 10.2 Å². The van der Waals surface area contributed by atoms with Crippen molar-refractivity contribution in [2.75, 3.05) is 12.4 Å². The highest BCUT2D eigenvalue weighted by atomic mass is 32.1. The number of pyridine rings is 1. The topological polar surface area (TPSA) is 76.1 Å². The van der Waals surface area contributed by atoms with Crippen molar-refractivity contribution in [3.8, 4) is 11.5 Å². The molecule has 0 radical (unpaired) electrons. The fourth-order valence-electron chi connectivity index (χ4n) is 2.65. The maximum atomic E-state index is 11.7. The Bertz CT molecular complexity index is 1140. The average molecular weight is 421 g/mol. The smallest absolute Gasteiger partial charge is 0.269 e. The third kappa shape index (κ3) is 5.12. The Balaban J connectivity index is 0.00000124. The lowest BCUT2D eigenvalue weighted by atomic mass is 10.2. The van der Waals surface area contributed by atoms with Crippen molar-refractivity contribution in [2.45, 2.75) is 20.8 Å². The van der Waals surface area contributed by atoms with E-state index in [1.165, 1.54) is 5.56 Å². The van der Waals surface area contributed by atoms with Crippen molar-refractivity contribution >= 4 is 38.3 Å². The van der Waals surface area contributed by atoms with Crippen LogP contribution in [0.15, 0.2) is 60.8 Å². The minimum Gasteiger partial charge on any atom is -0.457 e. The monoisotopic (exact) mass is 420 g/mol. The number of hydrogen-bond donors (Lipinski definition) is 2. The van der Waals surface area contributed by atoms with Gasteiger partial charge in [-0.15, -0.1) is 0 Å². The number of amides is 1. The van der Waals surface area contributed by atoms with Gasteiger partial charge in [0.2, 0.25) is 0 Å². The van der Waals surface area contributed by atoms with E-state index in [1.54, 1.807) is 36.7 Å². The van der Waals surface area contributed by atoms with Gasteiger partial charge in [-0.1, -0.05) is 42.9 Å². The number of thiazole rings is 1. The Kier molecular flexibility index (Phi) is 6.98. The number of nitrogens with one attached hydrogen (secondary N) is 2. The molecule has 1 amide bonds. The van der Waals surface area contributed by atoms with Gasteiger partial charge in [-0.2, -0.15) is 0 Å². The van der Waals surface area contributed by atoms with Gasteiger partial charge >= 0.3 is 0 Å². The molecule has 7 heteroatoms. The number of ether oxygens (including phenoxy) is 1. The van der Waals surface area contributed by atoms with Crippen molar-refractivity contribution in [1.29, 1.82) is 0 Å². The number of anilines is 2. The van der Waals surface area contributed by atoms with Gasteiger partial charge in [0.25, 0.3) is 5.91 Å². The molecule has 2 N–H and O–H groups in total. The zero-order valence-corrected chi connectivity index (χ0v) is 18.2. The van der Waals surface area contributed by atoms with Crippen LogP contribution in [0.25, 0.3) is 10.2 Å². The van der Waals surface area contributed by atoms with Crippen LogP contribution >= 0.6 is 11.3 Å². The van der Waals surface area contributed by atoms with Crippen molar-refractivity contribution in [3.05, 3.63) is 72.1 Å². The number of fused-ring (bicyclic) bond motifs is 1. The van der Waals surface area contributed by atoms with Crippen LogP contribution in [0, 0.1) is 6.92 Å². The van der Waals surface area contributed by atoms with E-state index < -0.39 is 0 Å². The standard InChI is InChI=1S/C21H18N4O2S.C2H6/c1-13-3-5-14(6-4-13)24-21-25-17-11-15(7-8-19(17)28-21)27-16-9-10-23-18(12-16)20(26)22-2;1-2/h3-12H,1-2H3,(H,22,26)(H,24,25);1-2H3. The van der Waals surface area contributed by atoms with Crippen molar-refractivity contribution < 1.29 is 9.53 Å². The van der Waals surface area contributed by atoms with E-state index >= 15 is 0 Å². The molecule has 154 valence electrons. The second-order valence-corrected chi connectivity index (χ2v) is 7.23. The highest BCUT2D eigenvalue weighted by molar-refractivity contribution is 7.22. The summed E-state index contributed by atoms with van der Waals surface area (Å²) in [7, 11) is 1.57. The Morgan fingerprint density at radius 3 is 2.47 bits per heavy atom. The molecule has 30 heavy (non-hydrogen) atoms. The van der Waals surface area contributed by atoms with Crippen LogP contribution in [0.5, 0.6) is 11.5 Å². The average Bonchev–Trinajstić information content (AvgIpc) is 3.18. The number of benzene rings is 2. The fraction of sp³-hybridized carbons (Fsp3) is 0.174. The Morgan fingerprint density at radius 1 is 1.00 bits per heavy atom. The number of aryl methyl sites for hydroxylation is 1. The predicted molar refractivity (Wildman–Crippen MR) is 123 cm³/mol. The van der Waals surface area contributed by atoms with Crippen molar-refractivity contribution in [3.63, 3.8) is 0 Å². The maximum absolute atomic E-state index is 11.7. The number of hydrogen-bond acceptors (Lipinski definition) is 6. The molecule has 0 fully saturated rings. The first-order valence-electron chi connectivity index (χ1n) is 9.71. The highest BCUT2D eigenvalue weighted by Crippen LogP contribution is 2.32. The maximum Gasteiger partial charge on any atom is 0.269 e. The summed E-state index contributed by atoms with van der Waals surface area (Å²) in [4.78, 5) is 20.4. The Labute approximate surface area is 180 Å². The molecule has 0 atom stereocenters. The van der Waals surface area contributed by atoms with Crippen LogP contribution in [0.1, 0.15) is 29.9 Å². The van der Waals surface area contributed by atoms with E-state index in [0.29, 0.717) is 17.2 Å². The lowest BCUT2D eigenvalue weighted by Gasteiger charge is -2.06. The number of aromatic nitrogens is 2. The van der Waals surface area contributed by atoms with Crippen LogP contribution < -0.4 is 15.4 Å². The van der Waals surface area contributed by atoms with Crippen LogP contribution in [-0.2, 0) is 0 Å². The zero-order valence-electron chi connectivity index (χ0n) is 17.4. The fourth-order valence-corrected chi connectivity index (χ4v) is 3.51. The summed E-state index contributed by atoms with van der Waals surface area (Å²) >= 11 is 1.58. The third-order valence-corrected chi connectivity index (χ3v) is 5.04. The SMILES string of the molecule is CC.CNC(=O)c1cc(Oc2ccc3sc(Nc4ccc(C)cc4)nc3c2)ccn1. The second kappa shape index (κ2) is 9.84. The highest BCUT2D eigenvalue weighted by Gasteiger charge is 2.09. The molecule has 2 aromatic carbocycles. The number of rotatable bonds is 5. The van der Waals surface area contributed by atoms with Crippen LogP contribution in [-0.4, -0.2) is 22.9 Å². The van der Waals surface area contributed by atoms with Crippen LogP contribution in [0.3, 0.4) is 0 Å². The van der Waals surface area contributed by atoms with Gasteiger partial charge in [0.15, 0.2) is 5.13 Å². The van der Waals surface area contributed by atoms with Gasteiger partial charge in [-0.3, -0.25) is 9.78 Å². The van der Waals surface area contributed by atoms with Gasteiger partial charge in [-0.25, -0.2) is 4.98 Å². The molecule has 0 bridgehead atoms. The quantitative estimate of drug-likeness (QED) is 0.419. The van der Waals surface area contributed by atoms with E-state index in [2.05, 4.69) is 39.7 Å². The van der Waals surface area contributed by atoms with E-state index in [4.69, 9.17) is 4.74 Å². The van der Waals surface area contributed by atoms with E-state index in [9.17, 15) is 4.79 Å². The Hall–Kier alpha value is -3.45. The minimum atomic E-state index is -0.257. The molecule has 0 saturated carbocycles. The minimum absolute atomic E-state index is 0.257. The van der Waals surface area contributed by atoms with Gasteiger partial charge < -0.3 is 15.4 Å². The molecule has 0 aliphatic carbocycles. The molecule has 2 aromatic heterocycles. The summed E-state index contributed by atoms with van der Waals surface area (Å²) in [6.07, 6.45) is 1.55. The molecule has 4 aromatic rings.